The van der Waals surface area contributed by atoms with Gasteiger partial charge < -0.3 is 14.6 Å². The molecule has 328 valence electrons. The number of allylic oxidation sites excluding steroid dienone is 12. The summed E-state index contributed by atoms with van der Waals surface area (Å²) in [5.41, 5.74) is 0. The van der Waals surface area contributed by atoms with Crippen molar-refractivity contribution in [3.63, 3.8) is 0 Å². The van der Waals surface area contributed by atoms with Crippen molar-refractivity contribution in [2.45, 2.75) is 232 Å². The number of rotatable bonds is 43. The molecule has 0 heterocycles. The summed E-state index contributed by atoms with van der Waals surface area (Å²) in [6.45, 7) is 3.96. The molecule has 0 saturated carbocycles. The molecule has 0 aromatic heterocycles. The molecule has 0 aromatic rings. The summed E-state index contributed by atoms with van der Waals surface area (Å²) in [5, 5.41) is 9.57. The van der Waals surface area contributed by atoms with Crippen LogP contribution in [-0.4, -0.2) is 36.4 Å². The minimum absolute atomic E-state index is 0.0704. The van der Waals surface area contributed by atoms with E-state index in [4.69, 9.17) is 9.47 Å². The van der Waals surface area contributed by atoms with Crippen molar-refractivity contribution < 1.29 is 24.2 Å². The van der Waals surface area contributed by atoms with E-state index in [0.717, 1.165) is 83.5 Å². The number of aliphatic hydroxyl groups is 1. The van der Waals surface area contributed by atoms with Gasteiger partial charge in [0.25, 0.3) is 0 Å². The zero-order valence-corrected chi connectivity index (χ0v) is 37.3. The van der Waals surface area contributed by atoms with Gasteiger partial charge in [0.1, 0.15) is 6.61 Å². The molecular formula is C52H90O5. The van der Waals surface area contributed by atoms with Crippen molar-refractivity contribution in [2.75, 3.05) is 13.2 Å². The summed E-state index contributed by atoms with van der Waals surface area (Å²) in [6.07, 6.45) is 64.4. The lowest BCUT2D eigenvalue weighted by Crippen LogP contribution is -2.28. The minimum atomic E-state index is -0.774. The van der Waals surface area contributed by atoms with Gasteiger partial charge in [-0.05, 0) is 77.0 Å². The summed E-state index contributed by atoms with van der Waals surface area (Å²) >= 11 is 0. The summed E-state index contributed by atoms with van der Waals surface area (Å²) in [5.74, 6) is -0.601. The van der Waals surface area contributed by atoms with E-state index in [1.807, 2.05) is 0 Å². The van der Waals surface area contributed by atoms with Crippen LogP contribution in [0.2, 0.25) is 0 Å². The Morgan fingerprint density at radius 3 is 1.16 bits per heavy atom. The molecule has 0 radical (unpaired) electrons. The molecule has 0 aromatic carbocycles. The standard InChI is InChI=1S/C52H90O5/c1-3-5-7-9-11-13-15-16-17-18-19-20-21-22-23-24-25-26-27-28-29-30-31-32-33-34-35-36-37-39-41-43-45-47-52(55)57-50(48-53)49-56-51(54)46-44-42-40-38-14-12-10-8-6-4-2/h5,7-8,10-11,13,16-17,19-20,22-23,50,53H,3-4,6,9,12,14-15,18,21,24-49H2,1-2H3/b7-5-,10-8-,13-11-,17-16-,20-19-,23-22-. The van der Waals surface area contributed by atoms with E-state index in [9.17, 15) is 14.7 Å². The Hall–Kier alpha value is -2.66. The van der Waals surface area contributed by atoms with Crippen LogP contribution in [0.15, 0.2) is 72.9 Å². The fraction of sp³-hybridized carbons (Fsp3) is 0.731. The predicted octanol–water partition coefficient (Wildman–Crippen LogP) is 15.7. The Labute approximate surface area is 353 Å². The number of hydrogen-bond donors (Lipinski definition) is 1. The molecule has 0 amide bonds. The van der Waals surface area contributed by atoms with Gasteiger partial charge >= 0.3 is 11.9 Å². The Kier molecular flexibility index (Phi) is 45.5. The van der Waals surface area contributed by atoms with Crippen molar-refractivity contribution >= 4 is 11.9 Å². The zero-order chi connectivity index (χ0) is 41.4. The van der Waals surface area contributed by atoms with Gasteiger partial charge in [-0.1, -0.05) is 209 Å². The average Bonchev–Trinajstić information content (AvgIpc) is 3.21. The largest absolute Gasteiger partial charge is 0.462 e. The van der Waals surface area contributed by atoms with Crippen molar-refractivity contribution in [3.05, 3.63) is 72.9 Å². The van der Waals surface area contributed by atoms with Crippen LogP contribution in [-0.2, 0) is 19.1 Å². The molecule has 1 unspecified atom stereocenters. The Balaban J connectivity index is 3.45. The van der Waals surface area contributed by atoms with E-state index in [-0.39, 0.29) is 25.2 Å². The third-order valence-corrected chi connectivity index (χ3v) is 10.2. The summed E-state index contributed by atoms with van der Waals surface area (Å²) in [6, 6.07) is 0. The van der Waals surface area contributed by atoms with Crippen LogP contribution in [0.5, 0.6) is 0 Å². The SMILES string of the molecule is CC/C=C\C/C=C\C/C=C\C/C=C\C/C=C\CCCCCCCCCCCCCCCCCCCC(=O)OC(CO)COC(=O)CCCCCCC/C=C\CCC. The monoisotopic (exact) mass is 795 g/mol. The van der Waals surface area contributed by atoms with Gasteiger partial charge in [0.15, 0.2) is 6.10 Å². The van der Waals surface area contributed by atoms with Gasteiger partial charge in [-0.15, -0.1) is 0 Å². The molecule has 1 atom stereocenters. The van der Waals surface area contributed by atoms with Crippen LogP contribution in [0.4, 0.5) is 0 Å². The lowest BCUT2D eigenvalue weighted by molar-refractivity contribution is -0.161. The van der Waals surface area contributed by atoms with Crippen LogP contribution in [0.3, 0.4) is 0 Å². The number of unbranched alkanes of at least 4 members (excludes halogenated alkanes) is 23. The maximum atomic E-state index is 12.2. The smallest absolute Gasteiger partial charge is 0.306 e. The minimum Gasteiger partial charge on any atom is -0.462 e. The number of aliphatic hydroxyl groups excluding tert-OH is 1. The quantitative estimate of drug-likeness (QED) is 0.0378. The van der Waals surface area contributed by atoms with Crippen LogP contribution < -0.4 is 0 Å². The number of esters is 2. The molecule has 57 heavy (non-hydrogen) atoms. The van der Waals surface area contributed by atoms with E-state index < -0.39 is 6.10 Å². The molecule has 0 aliphatic rings. The molecule has 0 saturated heterocycles. The Morgan fingerprint density at radius 1 is 0.421 bits per heavy atom. The molecule has 5 heteroatoms. The molecule has 0 aliphatic carbocycles. The van der Waals surface area contributed by atoms with E-state index in [1.165, 1.54) is 116 Å². The molecule has 0 fully saturated rings. The highest BCUT2D eigenvalue weighted by Gasteiger charge is 2.16. The van der Waals surface area contributed by atoms with E-state index >= 15 is 0 Å². The third kappa shape index (κ3) is 45.9. The molecule has 0 aliphatic heterocycles. The zero-order valence-electron chi connectivity index (χ0n) is 37.3. The highest BCUT2D eigenvalue weighted by atomic mass is 16.6. The highest BCUT2D eigenvalue weighted by molar-refractivity contribution is 5.70. The Morgan fingerprint density at radius 2 is 0.754 bits per heavy atom. The maximum absolute atomic E-state index is 12.2. The first-order valence-corrected chi connectivity index (χ1v) is 24.0. The number of hydrogen-bond acceptors (Lipinski definition) is 5. The predicted molar refractivity (Wildman–Crippen MR) is 246 cm³/mol. The molecule has 0 bridgehead atoms. The van der Waals surface area contributed by atoms with Crippen molar-refractivity contribution in [1.29, 1.82) is 0 Å². The lowest BCUT2D eigenvalue weighted by Gasteiger charge is -2.15. The van der Waals surface area contributed by atoms with Gasteiger partial charge in [-0.25, -0.2) is 0 Å². The van der Waals surface area contributed by atoms with Crippen molar-refractivity contribution in [3.8, 4) is 0 Å². The van der Waals surface area contributed by atoms with Gasteiger partial charge in [-0.2, -0.15) is 0 Å². The first kappa shape index (κ1) is 54.3. The lowest BCUT2D eigenvalue weighted by atomic mass is 10.0. The number of ether oxygens (including phenoxy) is 2. The van der Waals surface area contributed by atoms with Gasteiger partial charge in [-0.3, -0.25) is 9.59 Å². The van der Waals surface area contributed by atoms with Crippen LogP contribution >= 0.6 is 0 Å². The van der Waals surface area contributed by atoms with Crippen molar-refractivity contribution in [2.24, 2.45) is 0 Å². The maximum Gasteiger partial charge on any atom is 0.306 e. The molecule has 1 N–H and O–H groups in total. The normalized spacial score (nSPS) is 12.8. The number of carbonyl (C=O) groups is 2. The first-order valence-electron chi connectivity index (χ1n) is 24.0. The summed E-state index contributed by atoms with van der Waals surface area (Å²) in [7, 11) is 0. The molecule has 5 nitrogen and oxygen atoms in total. The highest BCUT2D eigenvalue weighted by Crippen LogP contribution is 2.15. The van der Waals surface area contributed by atoms with Gasteiger partial charge in [0.05, 0.1) is 6.61 Å². The topological polar surface area (TPSA) is 72.8 Å². The average molecular weight is 795 g/mol. The second-order valence-corrected chi connectivity index (χ2v) is 15.8. The molecular weight excluding hydrogens is 705 g/mol. The summed E-state index contributed by atoms with van der Waals surface area (Å²) < 4.78 is 10.6. The van der Waals surface area contributed by atoms with Gasteiger partial charge in [0, 0.05) is 12.8 Å². The van der Waals surface area contributed by atoms with Crippen LogP contribution in [0.25, 0.3) is 0 Å². The van der Waals surface area contributed by atoms with E-state index in [0.29, 0.717) is 12.8 Å². The van der Waals surface area contributed by atoms with E-state index in [2.05, 4.69) is 86.8 Å². The van der Waals surface area contributed by atoms with Crippen LogP contribution in [0, 0.1) is 0 Å². The van der Waals surface area contributed by atoms with Crippen LogP contribution in [0.1, 0.15) is 226 Å². The second kappa shape index (κ2) is 47.7. The third-order valence-electron chi connectivity index (χ3n) is 10.2. The molecule has 0 spiro atoms. The van der Waals surface area contributed by atoms with Crippen molar-refractivity contribution in [1.82, 2.24) is 0 Å². The first-order chi connectivity index (χ1) is 28.1. The second-order valence-electron chi connectivity index (χ2n) is 15.8. The fourth-order valence-corrected chi connectivity index (χ4v) is 6.64. The Bertz CT molecular complexity index is 1040. The molecule has 0 rings (SSSR count). The van der Waals surface area contributed by atoms with E-state index in [1.54, 1.807) is 0 Å². The van der Waals surface area contributed by atoms with Gasteiger partial charge in [0.2, 0.25) is 0 Å². The number of carbonyl (C=O) groups excluding carboxylic acids is 2. The fourth-order valence-electron chi connectivity index (χ4n) is 6.64. The summed E-state index contributed by atoms with van der Waals surface area (Å²) in [4.78, 5) is 24.3.